The number of para-hydroxylation sites is 1. The maximum absolute atomic E-state index is 12.9. The van der Waals surface area contributed by atoms with Gasteiger partial charge >= 0.3 is 0 Å². The van der Waals surface area contributed by atoms with E-state index < -0.39 is 11.1 Å². The van der Waals surface area contributed by atoms with E-state index in [1.165, 1.54) is 0 Å². The van der Waals surface area contributed by atoms with Gasteiger partial charge in [0.05, 0.1) is 11.4 Å². The number of imide groups is 1. The number of Topliss-reactive ketones (excluding diaryl/α,β-unsaturated/α-hetero) is 1. The molecule has 0 saturated carbocycles. The van der Waals surface area contributed by atoms with E-state index >= 15 is 0 Å². The van der Waals surface area contributed by atoms with Gasteiger partial charge in [0.25, 0.3) is 11.1 Å². The second-order valence-corrected chi connectivity index (χ2v) is 8.95. The smallest absolute Gasteiger partial charge is 0.293 e. The molecule has 1 aliphatic heterocycles. The largest absolute Gasteiger partial charge is 0.488 e. The normalized spacial score (nSPS) is 14.7. The molecule has 2 amide bonds. The number of halogens is 2. The molecule has 0 N–H and O–H groups in total. The van der Waals surface area contributed by atoms with Crippen LogP contribution in [0.2, 0.25) is 10.0 Å². The van der Waals surface area contributed by atoms with E-state index in [0.29, 0.717) is 26.9 Å². The van der Waals surface area contributed by atoms with Gasteiger partial charge in [-0.2, -0.15) is 0 Å². The highest BCUT2D eigenvalue weighted by atomic mass is 35.5. The zero-order valence-corrected chi connectivity index (χ0v) is 19.5. The van der Waals surface area contributed by atoms with Crippen LogP contribution in [-0.2, 0) is 11.4 Å². The molecule has 4 rings (SSSR count). The van der Waals surface area contributed by atoms with E-state index in [-0.39, 0.29) is 23.8 Å². The van der Waals surface area contributed by atoms with E-state index in [1.54, 1.807) is 48.5 Å². The molecule has 8 heteroatoms. The maximum Gasteiger partial charge on any atom is 0.293 e. The van der Waals surface area contributed by atoms with Crippen molar-refractivity contribution in [2.45, 2.75) is 6.61 Å². The van der Waals surface area contributed by atoms with E-state index in [1.807, 2.05) is 30.3 Å². The van der Waals surface area contributed by atoms with Crippen LogP contribution in [0.25, 0.3) is 6.08 Å². The van der Waals surface area contributed by atoms with E-state index in [9.17, 15) is 14.4 Å². The van der Waals surface area contributed by atoms with Gasteiger partial charge in [-0.1, -0.05) is 59.6 Å². The summed E-state index contributed by atoms with van der Waals surface area (Å²) in [5.41, 5.74) is 1.84. The van der Waals surface area contributed by atoms with Crippen molar-refractivity contribution in [3.8, 4) is 5.75 Å². The molecular weight excluding hydrogens is 481 g/mol. The molecule has 5 nitrogen and oxygen atoms in total. The van der Waals surface area contributed by atoms with Crippen molar-refractivity contribution in [1.29, 1.82) is 0 Å². The molecule has 1 aliphatic rings. The van der Waals surface area contributed by atoms with Crippen LogP contribution < -0.4 is 4.74 Å². The Balaban J connectivity index is 1.50. The van der Waals surface area contributed by atoms with Crippen molar-refractivity contribution >= 4 is 58.0 Å². The molecule has 0 bridgehead atoms. The van der Waals surface area contributed by atoms with Gasteiger partial charge in [-0.3, -0.25) is 19.3 Å². The predicted octanol–water partition coefficient (Wildman–Crippen LogP) is 6.49. The topological polar surface area (TPSA) is 63.7 Å². The molecule has 3 aromatic rings. The Morgan fingerprint density at radius 1 is 0.939 bits per heavy atom. The fraction of sp³-hybridized carbons (Fsp3) is 0.0800. The third-order valence-electron chi connectivity index (χ3n) is 4.89. The average Bonchev–Trinajstić information content (AvgIpc) is 3.07. The number of ether oxygens (including phenoxy) is 1. The van der Waals surface area contributed by atoms with Crippen LogP contribution in [0.1, 0.15) is 21.5 Å². The van der Waals surface area contributed by atoms with Crippen molar-refractivity contribution in [3.05, 3.63) is 104 Å². The summed E-state index contributed by atoms with van der Waals surface area (Å²) in [6.07, 6.45) is 1.60. The number of rotatable bonds is 7. The third-order valence-corrected chi connectivity index (χ3v) is 6.42. The molecule has 0 aromatic heterocycles. The minimum absolute atomic E-state index is 0.220. The first-order chi connectivity index (χ1) is 15.9. The Kier molecular flexibility index (Phi) is 7.18. The zero-order chi connectivity index (χ0) is 23.4. The molecule has 0 unspecified atom stereocenters. The Morgan fingerprint density at radius 3 is 2.39 bits per heavy atom. The number of hydrogen-bond acceptors (Lipinski definition) is 5. The highest BCUT2D eigenvalue weighted by Crippen LogP contribution is 2.34. The molecule has 1 fully saturated rings. The van der Waals surface area contributed by atoms with E-state index in [0.717, 1.165) is 22.2 Å². The Bertz CT molecular complexity index is 1260. The monoisotopic (exact) mass is 497 g/mol. The highest BCUT2D eigenvalue weighted by Gasteiger charge is 2.36. The van der Waals surface area contributed by atoms with Crippen molar-refractivity contribution in [3.63, 3.8) is 0 Å². The summed E-state index contributed by atoms with van der Waals surface area (Å²) in [5.74, 6) is -0.326. The summed E-state index contributed by atoms with van der Waals surface area (Å²) < 4.78 is 5.92. The minimum Gasteiger partial charge on any atom is -0.488 e. The first kappa shape index (κ1) is 23.1. The average molecular weight is 498 g/mol. The Hall–Kier alpha value is -3.06. The summed E-state index contributed by atoms with van der Waals surface area (Å²) in [5, 5.41) is 0.598. The second-order valence-electron chi connectivity index (χ2n) is 7.12. The maximum atomic E-state index is 12.9. The molecule has 3 aromatic carbocycles. The predicted molar refractivity (Wildman–Crippen MR) is 131 cm³/mol. The first-order valence-electron chi connectivity index (χ1n) is 9.92. The standard InChI is InChI=1S/C25H17Cl2NO4S/c26-19-11-9-16(10-12-19)21(29)14-28-24(30)23(33-25(28)31)13-17-5-2-4-8-22(17)32-15-18-6-1-3-7-20(18)27/h1-13H,14-15H2/b23-13+. The van der Waals surface area contributed by atoms with Crippen molar-refractivity contribution < 1.29 is 19.1 Å². The van der Waals surface area contributed by atoms with Crippen LogP contribution in [-0.4, -0.2) is 28.4 Å². The van der Waals surface area contributed by atoms with Gasteiger partial charge in [0.2, 0.25) is 0 Å². The Labute approximate surface area is 204 Å². The van der Waals surface area contributed by atoms with Crippen molar-refractivity contribution in [1.82, 2.24) is 4.90 Å². The number of benzene rings is 3. The van der Waals surface area contributed by atoms with E-state index in [4.69, 9.17) is 27.9 Å². The lowest BCUT2D eigenvalue weighted by atomic mass is 10.1. The third kappa shape index (κ3) is 5.47. The first-order valence-corrected chi connectivity index (χ1v) is 11.5. The van der Waals surface area contributed by atoms with Gasteiger partial charge in [0.15, 0.2) is 5.78 Å². The van der Waals surface area contributed by atoms with Gasteiger partial charge < -0.3 is 4.74 Å². The quantitative estimate of drug-likeness (QED) is 0.275. The minimum atomic E-state index is -0.520. The number of ketones is 1. The summed E-state index contributed by atoms with van der Waals surface area (Å²) in [6.45, 7) is -0.0874. The van der Waals surface area contributed by atoms with Crippen LogP contribution in [0.4, 0.5) is 4.79 Å². The lowest BCUT2D eigenvalue weighted by Crippen LogP contribution is -2.33. The SMILES string of the molecule is O=C(CN1C(=O)S/C(=C/c2ccccc2OCc2ccccc2Cl)C1=O)c1ccc(Cl)cc1. The lowest BCUT2D eigenvalue weighted by molar-refractivity contribution is -0.122. The highest BCUT2D eigenvalue weighted by molar-refractivity contribution is 8.18. The van der Waals surface area contributed by atoms with Crippen LogP contribution in [0, 0.1) is 0 Å². The molecule has 33 heavy (non-hydrogen) atoms. The molecule has 0 radical (unpaired) electrons. The number of hydrogen-bond donors (Lipinski definition) is 0. The molecule has 1 heterocycles. The van der Waals surface area contributed by atoms with Crippen LogP contribution >= 0.6 is 35.0 Å². The van der Waals surface area contributed by atoms with Gasteiger partial charge in [0, 0.05) is 26.7 Å². The summed E-state index contributed by atoms with van der Waals surface area (Å²) in [7, 11) is 0. The van der Waals surface area contributed by atoms with E-state index in [2.05, 4.69) is 0 Å². The zero-order valence-electron chi connectivity index (χ0n) is 17.2. The molecule has 1 saturated heterocycles. The van der Waals surface area contributed by atoms with Crippen molar-refractivity contribution in [2.24, 2.45) is 0 Å². The summed E-state index contributed by atoms with van der Waals surface area (Å²) >= 11 is 12.8. The summed E-state index contributed by atoms with van der Waals surface area (Å²) in [4.78, 5) is 39.0. The number of amides is 2. The molecule has 0 spiro atoms. The molecular formula is C25H17Cl2NO4S. The number of carbonyl (C=O) groups is 3. The fourth-order valence-corrected chi connectivity index (χ4v) is 4.30. The van der Waals surface area contributed by atoms with Crippen LogP contribution in [0.5, 0.6) is 5.75 Å². The van der Waals surface area contributed by atoms with Gasteiger partial charge in [0.1, 0.15) is 12.4 Å². The lowest BCUT2D eigenvalue weighted by Gasteiger charge is -2.12. The van der Waals surface area contributed by atoms with Gasteiger partial charge in [-0.05, 0) is 54.2 Å². The molecule has 166 valence electrons. The number of thioether (sulfide) groups is 1. The number of nitrogens with zero attached hydrogens (tertiary/aromatic N) is 1. The van der Waals surface area contributed by atoms with Crippen LogP contribution in [0.3, 0.4) is 0 Å². The Morgan fingerprint density at radius 2 is 1.64 bits per heavy atom. The second kappa shape index (κ2) is 10.3. The molecule has 0 atom stereocenters. The molecule has 0 aliphatic carbocycles. The van der Waals surface area contributed by atoms with Gasteiger partial charge in [-0.25, -0.2) is 0 Å². The van der Waals surface area contributed by atoms with Gasteiger partial charge in [-0.15, -0.1) is 0 Å². The number of carbonyl (C=O) groups excluding carboxylic acids is 3. The fourth-order valence-electron chi connectivity index (χ4n) is 3.15. The van der Waals surface area contributed by atoms with Crippen LogP contribution in [0.15, 0.2) is 77.7 Å². The van der Waals surface area contributed by atoms with Crippen molar-refractivity contribution in [2.75, 3.05) is 6.54 Å². The summed E-state index contributed by atoms with van der Waals surface area (Å²) in [6, 6.07) is 20.8.